The van der Waals surface area contributed by atoms with Gasteiger partial charge in [0.2, 0.25) is 5.95 Å². The maximum Gasteiger partial charge on any atom is 0.238 e. The minimum Gasteiger partial charge on any atom is -0.309 e. The largest absolute Gasteiger partial charge is 0.309 e. The summed E-state index contributed by atoms with van der Waals surface area (Å²) in [5.41, 5.74) is 9.87. The molecule has 0 N–H and O–H groups in total. The van der Waals surface area contributed by atoms with Crippen LogP contribution < -0.4 is 0 Å². The topological polar surface area (TPSA) is 48.5 Å². The van der Waals surface area contributed by atoms with Gasteiger partial charge in [-0.1, -0.05) is 176 Å². The second-order valence-electron chi connectivity index (χ2n) is 17.9. The first-order valence-electron chi connectivity index (χ1n) is 23.2. The van der Waals surface area contributed by atoms with Gasteiger partial charge in [-0.15, -0.1) is 0 Å². The zero-order valence-corrected chi connectivity index (χ0v) is 36.6. The summed E-state index contributed by atoms with van der Waals surface area (Å²) in [5.74, 6) is 1.83. The average Bonchev–Trinajstić information content (AvgIpc) is 3.93. The molecule has 5 nitrogen and oxygen atoms in total. The molecule has 314 valence electrons. The van der Waals surface area contributed by atoms with Crippen LogP contribution in [0.5, 0.6) is 0 Å². The number of rotatable bonds is 5. The van der Waals surface area contributed by atoms with E-state index < -0.39 is 0 Å². The first-order valence-corrected chi connectivity index (χ1v) is 23.2. The maximum absolute atomic E-state index is 5.47. The maximum atomic E-state index is 5.47. The predicted octanol–water partition coefficient (Wildman–Crippen LogP) is 16.3. The zero-order chi connectivity index (χ0) is 44.5. The van der Waals surface area contributed by atoms with E-state index in [1.807, 2.05) is 0 Å². The second kappa shape index (κ2) is 14.2. The highest BCUT2D eigenvalue weighted by Gasteiger charge is 2.26. The zero-order valence-electron chi connectivity index (χ0n) is 36.6. The fourth-order valence-corrected chi connectivity index (χ4v) is 11.3. The van der Waals surface area contributed by atoms with E-state index in [1.54, 1.807) is 0 Å². The van der Waals surface area contributed by atoms with Crippen LogP contribution >= 0.6 is 0 Å². The van der Waals surface area contributed by atoms with Crippen LogP contribution in [0.3, 0.4) is 0 Å². The molecule has 0 fully saturated rings. The van der Waals surface area contributed by atoms with Crippen molar-refractivity contribution in [3.05, 3.63) is 224 Å². The van der Waals surface area contributed by atoms with Crippen LogP contribution in [0, 0.1) is 0 Å². The normalized spacial score (nSPS) is 12.1. The summed E-state index contributed by atoms with van der Waals surface area (Å²) in [7, 11) is 0. The van der Waals surface area contributed by atoms with Gasteiger partial charge in [0.05, 0.1) is 22.1 Å². The van der Waals surface area contributed by atoms with E-state index in [1.165, 1.54) is 81.4 Å². The molecule has 0 atom stereocenters. The van der Waals surface area contributed by atoms with Crippen molar-refractivity contribution in [2.75, 3.05) is 0 Å². The molecule has 68 heavy (non-hydrogen) atoms. The molecule has 0 spiro atoms. The van der Waals surface area contributed by atoms with Crippen molar-refractivity contribution in [2.45, 2.75) is 0 Å². The van der Waals surface area contributed by atoms with Crippen molar-refractivity contribution in [2.24, 2.45) is 0 Å². The first-order chi connectivity index (χ1) is 33.7. The van der Waals surface area contributed by atoms with E-state index >= 15 is 0 Å². The molecule has 0 unspecified atom stereocenters. The fourth-order valence-electron chi connectivity index (χ4n) is 11.3. The monoisotopic (exact) mass is 863 g/mol. The average molecular weight is 864 g/mol. The lowest BCUT2D eigenvalue weighted by atomic mass is 9.87. The summed E-state index contributed by atoms with van der Waals surface area (Å²) in [6.07, 6.45) is 0. The van der Waals surface area contributed by atoms with Gasteiger partial charge < -0.3 is 4.57 Å². The van der Waals surface area contributed by atoms with Gasteiger partial charge in [0, 0.05) is 43.7 Å². The Kier molecular flexibility index (Phi) is 7.72. The Bertz CT molecular complexity index is 4560. The molecule has 15 aromatic rings. The molecular formula is C63H37N5. The molecule has 0 aliphatic rings. The van der Waals surface area contributed by atoms with Crippen molar-refractivity contribution < 1.29 is 0 Å². The quantitative estimate of drug-likeness (QED) is 0.162. The number of nitrogens with zero attached hydrogens (tertiary/aromatic N) is 5. The van der Waals surface area contributed by atoms with E-state index in [4.69, 9.17) is 15.0 Å². The lowest BCUT2D eigenvalue weighted by Gasteiger charge is -2.15. The van der Waals surface area contributed by atoms with E-state index in [2.05, 4.69) is 234 Å². The molecule has 15 rings (SSSR count). The third-order valence-electron chi connectivity index (χ3n) is 14.3. The molecule has 0 radical (unpaired) electrons. The lowest BCUT2D eigenvalue weighted by molar-refractivity contribution is 0.955. The van der Waals surface area contributed by atoms with Gasteiger partial charge in [-0.2, -0.15) is 9.97 Å². The number of para-hydroxylation sites is 2. The van der Waals surface area contributed by atoms with Crippen LogP contribution in [0.25, 0.3) is 143 Å². The van der Waals surface area contributed by atoms with Crippen molar-refractivity contribution in [3.63, 3.8) is 0 Å². The minimum atomic E-state index is 0.577. The second-order valence-corrected chi connectivity index (χ2v) is 17.9. The van der Waals surface area contributed by atoms with Gasteiger partial charge in [0.15, 0.2) is 11.6 Å². The lowest BCUT2D eigenvalue weighted by Crippen LogP contribution is -2.06. The summed E-state index contributed by atoms with van der Waals surface area (Å²) in [5, 5.41) is 16.7. The number of benzene rings is 12. The SMILES string of the molecule is c1ccc(-n2c3ccccc3c3cc(-c4ccc5c6c4c4ccc7ccccc7c4c4cccc(c46)n5-c4nc(-c5ccc6ccccc6c5)nc(-c5cccc6ccccc56)n4)ccc32)cc1. The Morgan fingerprint density at radius 1 is 0.265 bits per heavy atom. The van der Waals surface area contributed by atoms with Gasteiger partial charge in [-0.3, -0.25) is 4.57 Å². The molecule has 0 bridgehead atoms. The highest BCUT2D eigenvalue weighted by molar-refractivity contribution is 6.40. The van der Waals surface area contributed by atoms with Crippen LogP contribution in [0.15, 0.2) is 224 Å². The smallest absolute Gasteiger partial charge is 0.238 e. The summed E-state index contributed by atoms with van der Waals surface area (Å²) >= 11 is 0. The molecule has 0 saturated carbocycles. The molecule has 0 saturated heterocycles. The van der Waals surface area contributed by atoms with E-state index in [9.17, 15) is 0 Å². The molecule has 12 aromatic carbocycles. The van der Waals surface area contributed by atoms with Crippen LogP contribution in [0.1, 0.15) is 0 Å². The first kappa shape index (κ1) is 37.1. The Labute approximate surface area is 389 Å². The molecule has 5 heteroatoms. The van der Waals surface area contributed by atoms with Crippen molar-refractivity contribution >= 4 is 97.5 Å². The standard InChI is InChI=1S/C63H37N5/c1-2-19-44(20-3-1)67-53-26-11-10-23-48(53)52-37-42(31-34-54(52)67)47-33-35-56-60-58(47)51-32-30-40-16-7-9-22-46(40)57(51)50-25-13-27-55(59(50)60)68(56)63-65-61(43-29-28-38-14-4-5-17-41(38)36-43)64-62(66-63)49-24-12-18-39-15-6-8-21-45(39)49/h1-37H. The van der Waals surface area contributed by atoms with Crippen molar-refractivity contribution in [1.82, 2.24) is 24.1 Å². The van der Waals surface area contributed by atoms with E-state index in [0.29, 0.717) is 17.6 Å². The van der Waals surface area contributed by atoms with Crippen LogP contribution in [0.2, 0.25) is 0 Å². The third kappa shape index (κ3) is 5.29. The van der Waals surface area contributed by atoms with E-state index in [-0.39, 0.29) is 0 Å². The van der Waals surface area contributed by atoms with Gasteiger partial charge in [-0.25, -0.2) is 4.98 Å². The van der Waals surface area contributed by atoms with Gasteiger partial charge in [0.25, 0.3) is 0 Å². The van der Waals surface area contributed by atoms with Crippen LogP contribution in [-0.4, -0.2) is 24.1 Å². The number of hydrogen-bond donors (Lipinski definition) is 0. The Hall–Kier alpha value is -9.19. The number of hydrogen-bond acceptors (Lipinski definition) is 3. The predicted molar refractivity (Wildman–Crippen MR) is 284 cm³/mol. The summed E-state index contributed by atoms with van der Waals surface area (Å²) < 4.78 is 4.67. The van der Waals surface area contributed by atoms with Crippen LogP contribution in [0.4, 0.5) is 0 Å². The van der Waals surface area contributed by atoms with Gasteiger partial charge in [0.1, 0.15) is 0 Å². The molecule has 3 aromatic heterocycles. The molecule has 0 aliphatic carbocycles. The van der Waals surface area contributed by atoms with Crippen molar-refractivity contribution in [1.29, 1.82) is 0 Å². The number of aromatic nitrogens is 5. The summed E-state index contributed by atoms with van der Waals surface area (Å²) in [6.45, 7) is 0. The van der Waals surface area contributed by atoms with Crippen LogP contribution in [-0.2, 0) is 0 Å². The highest BCUT2D eigenvalue weighted by Crippen LogP contribution is 2.49. The molecule has 3 heterocycles. The Morgan fingerprint density at radius 2 is 0.868 bits per heavy atom. The summed E-state index contributed by atoms with van der Waals surface area (Å²) in [4.78, 5) is 16.2. The fraction of sp³-hybridized carbons (Fsp3) is 0. The Morgan fingerprint density at radius 3 is 1.75 bits per heavy atom. The molecule has 0 aliphatic heterocycles. The molecular weight excluding hydrogens is 827 g/mol. The highest BCUT2D eigenvalue weighted by atomic mass is 15.2. The van der Waals surface area contributed by atoms with Gasteiger partial charge in [-0.05, 0) is 108 Å². The van der Waals surface area contributed by atoms with E-state index in [0.717, 1.165) is 44.0 Å². The van der Waals surface area contributed by atoms with Crippen molar-refractivity contribution in [3.8, 4) is 45.5 Å². The molecule has 0 amide bonds. The number of fused-ring (bicyclic) bond motifs is 10. The Balaban J connectivity index is 1.06. The third-order valence-corrected chi connectivity index (χ3v) is 14.3. The van der Waals surface area contributed by atoms with Gasteiger partial charge >= 0.3 is 0 Å². The summed E-state index contributed by atoms with van der Waals surface area (Å²) in [6, 6.07) is 81.0. The minimum absolute atomic E-state index is 0.577.